The normalized spacial score (nSPS) is 11.2. The highest BCUT2D eigenvalue weighted by molar-refractivity contribution is 7.98. The molecule has 0 bridgehead atoms. The molecule has 0 aliphatic carbocycles. The van der Waals surface area contributed by atoms with E-state index in [1.54, 1.807) is 66.6 Å². The fraction of sp³-hybridized carbons (Fsp3) is 0.292. The van der Waals surface area contributed by atoms with Crippen LogP contribution in [-0.2, 0) is 20.6 Å². The number of thioether (sulfide) groups is 1. The minimum absolute atomic E-state index is 0.112. The van der Waals surface area contributed by atoms with Gasteiger partial charge in [0.25, 0.3) is 10.0 Å². The number of para-hydroxylation sites is 2. The Kier molecular flexibility index (Phi) is 8.85. The lowest BCUT2D eigenvalue weighted by atomic mass is 10.2. The number of hydrogen-bond acceptors (Lipinski definition) is 6. The fourth-order valence-electron chi connectivity index (χ4n) is 3.09. The maximum Gasteiger partial charge on any atom is 0.264 e. The molecule has 2 aromatic carbocycles. The van der Waals surface area contributed by atoms with E-state index in [4.69, 9.17) is 9.15 Å². The van der Waals surface area contributed by atoms with Crippen LogP contribution in [0.25, 0.3) is 0 Å². The summed E-state index contributed by atoms with van der Waals surface area (Å²) < 4.78 is 39.1. The smallest absolute Gasteiger partial charge is 0.264 e. The molecule has 1 heterocycles. The van der Waals surface area contributed by atoms with E-state index in [0.717, 1.165) is 15.6 Å². The molecule has 1 N–H and O–H groups in total. The third-order valence-electron chi connectivity index (χ3n) is 4.72. The molecule has 0 radical (unpaired) electrons. The third kappa shape index (κ3) is 6.79. The molecule has 0 spiro atoms. The first-order valence-corrected chi connectivity index (χ1v) is 13.2. The third-order valence-corrected chi connectivity index (χ3v) is 7.48. The number of amides is 1. The Morgan fingerprint density at radius 3 is 2.55 bits per heavy atom. The average molecular weight is 489 g/mol. The molecule has 1 amide bonds. The second-order valence-corrected chi connectivity index (χ2v) is 10.2. The summed E-state index contributed by atoms with van der Waals surface area (Å²) in [4.78, 5) is 12.8. The van der Waals surface area contributed by atoms with Gasteiger partial charge in [0, 0.05) is 12.3 Å². The van der Waals surface area contributed by atoms with E-state index in [2.05, 4.69) is 5.32 Å². The number of ether oxygens (including phenoxy) is 1. The van der Waals surface area contributed by atoms with Gasteiger partial charge in [0.05, 0.1) is 29.2 Å². The van der Waals surface area contributed by atoms with E-state index in [1.807, 2.05) is 26.0 Å². The van der Waals surface area contributed by atoms with Crippen LogP contribution in [0.2, 0.25) is 0 Å². The highest BCUT2D eigenvalue weighted by atomic mass is 32.2. The first-order chi connectivity index (χ1) is 15.9. The number of carbonyl (C=O) groups is 1. The molecule has 1 aromatic heterocycles. The summed E-state index contributed by atoms with van der Waals surface area (Å²) in [5, 5.41) is 2.81. The lowest BCUT2D eigenvalue weighted by molar-refractivity contribution is -0.119. The van der Waals surface area contributed by atoms with Gasteiger partial charge in [0.1, 0.15) is 18.1 Å². The Bertz CT molecular complexity index is 1130. The van der Waals surface area contributed by atoms with Gasteiger partial charge in [-0.2, -0.15) is 11.8 Å². The summed E-state index contributed by atoms with van der Waals surface area (Å²) in [7, 11) is -4.00. The predicted octanol–water partition coefficient (Wildman–Crippen LogP) is 4.23. The van der Waals surface area contributed by atoms with E-state index in [1.165, 1.54) is 0 Å². The van der Waals surface area contributed by atoms with Gasteiger partial charge < -0.3 is 14.5 Å². The lowest BCUT2D eigenvalue weighted by Gasteiger charge is -2.26. The van der Waals surface area contributed by atoms with Crippen molar-refractivity contribution in [2.24, 2.45) is 0 Å². The summed E-state index contributed by atoms with van der Waals surface area (Å²) in [6.07, 6.45) is 1.63. The number of rotatable bonds is 12. The van der Waals surface area contributed by atoms with Crippen molar-refractivity contribution in [3.63, 3.8) is 0 Å². The van der Waals surface area contributed by atoms with Crippen LogP contribution >= 0.6 is 11.8 Å². The van der Waals surface area contributed by atoms with Crippen LogP contribution in [0.5, 0.6) is 5.75 Å². The van der Waals surface area contributed by atoms with Crippen LogP contribution in [-0.4, -0.2) is 39.8 Å². The van der Waals surface area contributed by atoms with Gasteiger partial charge in [-0.05, 0) is 50.2 Å². The van der Waals surface area contributed by atoms with Crippen LogP contribution < -0.4 is 14.4 Å². The SMILES string of the molecule is CCOc1ccccc1N(CC(=O)NCCSCc1ccco1)S(=O)(=O)c1ccc(C)cc1. The van der Waals surface area contributed by atoms with Crippen molar-refractivity contribution < 1.29 is 22.4 Å². The first kappa shape index (κ1) is 24.7. The van der Waals surface area contributed by atoms with Crippen molar-refractivity contribution >= 4 is 33.4 Å². The highest BCUT2D eigenvalue weighted by Gasteiger charge is 2.29. The Morgan fingerprint density at radius 1 is 1.09 bits per heavy atom. The largest absolute Gasteiger partial charge is 0.492 e. The highest BCUT2D eigenvalue weighted by Crippen LogP contribution is 2.32. The van der Waals surface area contributed by atoms with Crippen molar-refractivity contribution in [1.82, 2.24) is 5.32 Å². The minimum atomic E-state index is -4.00. The number of aryl methyl sites for hydroxylation is 1. The van der Waals surface area contributed by atoms with Gasteiger partial charge in [-0.1, -0.05) is 29.8 Å². The van der Waals surface area contributed by atoms with E-state index in [0.29, 0.717) is 36.1 Å². The zero-order valence-corrected chi connectivity index (χ0v) is 20.3. The molecule has 0 fully saturated rings. The van der Waals surface area contributed by atoms with Crippen LogP contribution in [0.4, 0.5) is 5.69 Å². The van der Waals surface area contributed by atoms with Gasteiger partial charge in [0.15, 0.2) is 0 Å². The zero-order valence-electron chi connectivity index (χ0n) is 18.7. The molecule has 0 saturated heterocycles. The Morgan fingerprint density at radius 2 is 1.85 bits per heavy atom. The van der Waals surface area contributed by atoms with Gasteiger partial charge in [0.2, 0.25) is 5.91 Å². The molecule has 0 aliphatic heterocycles. The van der Waals surface area contributed by atoms with Gasteiger partial charge >= 0.3 is 0 Å². The van der Waals surface area contributed by atoms with Crippen LogP contribution in [0, 0.1) is 6.92 Å². The molecule has 3 rings (SSSR count). The molecule has 0 unspecified atom stereocenters. The topological polar surface area (TPSA) is 88.8 Å². The summed E-state index contributed by atoms with van der Waals surface area (Å²) in [5.41, 5.74) is 1.27. The van der Waals surface area contributed by atoms with E-state index in [-0.39, 0.29) is 11.4 Å². The van der Waals surface area contributed by atoms with E-state index < -0.39 is 15.9 Å². The number of anilines is 1. The monoisotopic (exact) mass is 488 g/mol. The van der Waals surface area contributed by atoms with Gasteiger partial charge in [-0.15, -0.1) is 0 Å². The van der Waals surface area contributed by atoms with Crippen molar-refractivity contribution in [3.05, 3.63) is 78.3 Å². The standard InChI is InChI=1S/C24H28N2O5S2/c1-3-30-23-9-5-4-8-22(23)26(33(28,29)21-12-10-19(2)11-13-21)17-24(27)25-14-16-32-18-20-7-6-15-31-20/h4-13,15H,3,14,16-18H2,1-2H3,(H,25,27). The summed E-state index contributed by atoms with van der Waals surface area (Å²) in [6.45, 7) is 4.13. The molecular formula is C24H28N2O5S2. The number of furan rings is 1. The minimum Gasteiger partial charge on any atom is -0.492 e. The van der Waals surface area contributed by atoms with Crippen molar-refractivity contribution in [2.75, 3.05) is 29.8 Å². The number of nitrogens with zero attached hydrogens (tertiary/aromatic N) is 1. The molecule has 0 saturated carbocycles. The van der Waals surface area contributed by atoms with Crippen molar-refractivity contribution in [3.8, 4) is 5.75 Å². The molecule has 3 aromatic rings. The molecule has 9 heteroatoms. The maximum atomic E-state index is 13.5. The molecular weight excluding hydrogens is 460 g/mol. The van der Waals surface area contributed by atoms with Gasteiger partial charge in [-0.25, -0.2) is 8.42 Å². The van der Waals surface area contributed by atoms with Crippen LogP contribution in [0.3, 0.4) is 0 Å². The van der Waals surface area contributed by atoms with Crippen LogP contribution in [0.15, 0.2) is 76.2 Å². The number of sulfonamides is 1. The average Bonchev–Trinajstić information content (AvgIpc) is 3.32. The second kappa shape index (κ2) is 11.8. The van der Waals surface area contributed by atoms with Crippen LogP contribution in [0.1, 0.15) is 18.2 Å². The van der Waals surface area contributed by atoms with Crippen molar-refractivity contribution in [2.45, 2.75) is 24.5 Å². The zero-order chi connectivity index (χ0) is 23.7. The quantitative estimate of drug-likeness (QED) is 0.384. The summed E-state index contributed by atoms with van der Waals surface area (Å²) >= 11 is 1.62. The number of carbonyl (C=O) groups excluding carboxylic acids is 1. The molecule has 176 valence electrons. The Balaban J connectivity index is 1.74. The summed E-state index contributed by atoms with van der Waals surface area (Å²) in [6, 6.07) is 17.1. The van der Waals surface area contributed by atoms with Crippen molar-refractivity contribution in [1.29, 1.82) is 0 Å². The fourth-order valence-corrected chi connectivity index (χ4v) is 5.28. The Labute approximate surface area is 199 Å². The second-order valence-electron chi connectivity index (χ2n) is 7.21. The number of nitrogens with one attached hydrogen (secondary N) is 1. The molecule has 33 heavy (non-hydrogen) atoms. The lowest BCUT2D eigenvalue weighted by Crippen LogP contribution is -2.41. The van der Waals surface area contributed by atoms with E-state index in [9.17, 15) is 13.2 Å². The Hall–Kier alpha value is -2.91. The van der Waals surface area contributed by atoms with Gasteiger partial charge in [-0.3, -0.25) is 9.10 Å². The predicted molar refractivity (Wildman–Crippen MR) is 131 cm³/mol. The maximum absolute atomic E-state index is 13.5. The number of hydrogen-bond donors (Lipinski definition) is 1. The number of benzene rings is 2. The molecule has 0 aliphatic rings. The summed E-state index contributed by atoms with van der Waals surface area (Å²) in [5.74, 6) is 2.26. The first-order valence-electron chi connectivity index (χ1n) is 10.6. The molecule has 7 nitrogen and oxygen atoms in total. The molecule has 0 atom stereocenters. The van der Waals surface area contributed by atoms with E-state index >= 15 is 0 Å².